The van der Waals surface area contributed by atoms with Crippen LogP contribution in [0.1, 0.15) is 12.0 Å². The maximum absolute atomic E-state index is 12.6. The van der Waals surface area contributed by atoms with Crippen molar-refractivity contribution in [3.05, 3.63) is 29.8 Å². The molecule has 1 saturated heterocycles. The molecule has 114 valence electrons. The van der Waals surface area contributed by atoms with E-state index in [1.54, 1.807) is 0 Å². The number of morpholine rings is 1. The number of carbonyl (C=O) groups is 2. The van der Waals surface area contributed by atoms with Gasteiger partial charge in [0.05, 0.1) is 13.0 Å². The van der Waals surface area contributed by atoms with Crippen molar-refractivity contribution in [2.75, 3.05) is 31.1 Å². The summed E-state index contributed by atoms with van der Waals surface area (Å²) in [6, 6.07) is 7.45. The summed E-state index contributed by atoms with van der Waals surface area (Å²) in [6.45, 7) is 3.76. The highest BCUT2D eigenvalue weighted by atomic mass is 16.5. The molecule has 1 heterocycles. The zero-order chi connectivity index (χ0) is 15.2. The van der Waals surface area contributed by atoms with Gasteiger partial charge in [-0.3, -0.25) is 9.59 Å². The van der Waals surface area contributed by atoms with E-state index in [9.17, 15) is 9.59 Å². The van der Waals surface area contributed by atoms with Crippen LogP contribution in [0.25, 0.3) is 0 Å². The van der Waals surface area contributed by atoms with Crippen LogP contribution in [-0.4, -0.2) is 49.3 Å². The summed E-state index contributed by atoms with van der Waals surface area (Å²) in [5, 5.41) is 12.0. The van der Waals surface area contributed by atoms with Gasteiger partial charge in [0.2, 0.25) is 0 Å². The summed E-state index contributed by atoms with van der Waals surface area (Å²) in [5.74, 6) is -1.13. The van der Waals surface area contributed by atoms with Gasteiger partial charge in [-0.15, -0.1) is 0 Å². The van der Waals surface area contributed by atoms with E-state index in [-0.39, 0.29) is 18.9 Å². The first kappa shape index (κ1) is 15.5. The van der Waals surface area contributed by atoms with E-state index in [1.807, 2.05) is 31.2 Å². The quantitative estimate of drug-likeness (QED) is 0.839. The zero-order valence-corrected chi connectivity index (χ0v) is 12.0. The van der Waals surface area contributed by atoms with Crippen LogP contribution in [0.3, 0.4) is 0 Å². The van der Waals surface area contributed by atoms with Gasteiger partial charge in [-0.25, -0.2) is 0 Å². The lowest BCUT2D eigenvalue weighted by atomic mass is 10.2. The molecule has 0 bridgehead atoms. The molecular formula is C15H20N2O4. The number of carboxylic acid groups (broad SMARTS) is 1. The predicted molar refractivity (Wildman–Crippen MR) is 78.4 cm³/mol. The highest BCUT2D eigenvalue weighted by Gasteiger charge is 2.28. The fraction of sp³-hybridized carbons (Fsp3) is 0.467. The Morgan fingerprint density at radius 2 is 2.10 bits per heavy atom. The molecule has 1 atom stereocenters. The normalized spacial score (nSPS) is 18.2. The van der Waals surface area contributed by atoms with E-state index in [4.69, 9.17) is 9.84 Å². The third kappa shape index (κ3) is 4.27. The number of aryl methyl sites for hydroxylation is 1. The van der Waals surface area contributed by atoms with Crippen molar-refractivity contribution in [2.45, 2.75) is 19.4 Å². The first-order valence-corrected chi connectivity index (χ1v) is 7.00. The Morgan fingerprint density at radius 1 is 1.38 bits per heavy atom. The molecule has 6 heteroatoms. The second-order valence-corrected chi connectivity index (χ2v) is 5.03. The number of carboxylic acids is 1. The van der Waals surface area contributed by atoms with Gasteiger partial charge in [-0.1, -0.05) is 17.7 Å². The maximum atomic E-state index is 12.6. The molecule has 1 fully saturated rings. The number of amides is 1. The van der Waals surface area contributed by atoms with E-state index in [1.165, 1.54) is 4.90 Å². The Morgan fingerprint density at radius 3 is 2.67 bits per heavy atom. The highest BCUT2D eigenvalue weighted by molar-refractivity contribution is 5.97. The highest BCUT2D eigenvalue weighted by Crippen LogP contribution is 2.18. The molecule has 1 aliphatic heterocycles. The molecule has 2 N–H and O–H groups in total. The number of benzene rings is 1. The minimum Gasteiger partial charge on any atom is -0.481 e. The molecule has 2 rings (SSSR count). The SMILES string of the molecule is Cc1ccc(N(CCC(=O)O)C(=O)C2CNCCO2)cc1. The third-order valence-electron chi connectivity index (χ3n) is 3.36. The van der Waals surface area contributed by atoms with E-state index in [2.05, 4.69) is 5.32 Å². The number of aliphatic carboxylic acids is 1. The van der Waals surface area contributed by atoms with Crippen molar-refractivity contribution in [1.29, 1.82) is 0 Å². The van der Waals surface area contributed by atoms with E-state index in [0.29, 0.717) is 18.8 Å². The predicted octanol–water partition coefficient (Wildman–Crippen LogP) is 0.791. The van der Waals surface area contributed by atoms with Gasteiger partial charge >= 0.3 is 5.97 Å². The van der Waals surface area contributed by atoms with Crippen molar-refractivity contribution < 1.29 is 19.4 Å². The standard InChI is InChI=1S/C15H20N2O4/c1-11-2-4-12(5-3-11)17(8-6-14(18)19)15(20)13-10-16-7-9-21-13/h2-5,13,16H,6-10H2,1H3,(H,18,19). The van der Waals surface area contributed by atoms with Crippen molar-refractivity contribution >= 4 is 17.6 Å². The van der Waals surface area contributed by atoms with Gasteiger partial charge in [0.1, 0.15) is 6.10 Å². The van der Waals surface area contributed by atoms with Crippen molar-refractivity contribution in [3.63, 3.8) is 0 Å². The maximum Gasteiger partial charge on any atom is 0.305 e. The number of anilines is 1. The number of ether oxygens (including phenoxy) is 1. The summed E-state index contributed by atoms with van der Waals surface area (Å²) in [7, 11) is 0. The molecule has 1 aliphatic rings. The van der Waals surface area contributed by atoms with Crippen molar-refractivity contribution in [1.82, 2.24) is 5.32 Å². The van der Waals surface area contributed by atoms with Gasteiger partial charge in [0.15, 0.2) is 0 Å². The molecular weight excluding hydrogens is 272 g/mol. The minimum absolute atomic E-state index is 0.0975. The lowest BCUT2D eigenvalue weighted by molar-refractivity contribution is -0.137. The fourth-order valence-electron chi connectivity index (χ4n) is 2.20. The summed E-state index contributed by atoms with van der Waals surface area (Å²) < 4.78 is 5.47. The Balaban J connectivity index is 2.15. The molecule has 1 aromatic carbocycles. The second kappa shape index (κ2) is 7.19. The van der Waals surface area contributed by atoms with Crippen LogP contribution in [0.15, 0.2) is 24.3 Å². The minimum atomic E-state index is -0.928. The Labute approximate surface area is 123 Å². The molecule has 0 aliphatic carbocycles. The number of nitrogens with zero attached hydrogens (tertiary/aromatic N) is 1. The van der Waals surface area contributed by atoms with Crippen LogP contribution in [0, 0.1) is 6.92 Å². The summed E-state index contributed by atoms with van der Waals surface area (Å²) >= 11 is 0. The Kier molecular flexibility index (Phi) is 5.30. The zero-order valence-electron chi connectivity index (χ0n) is 12.0. The average Bonchev–Trinajstić information content (AvgIpc) is 2.49. The first-order valence-electron chi connectivity index (χ1n) is 7.00. The molecule has 0 radical (unpaired) electrons. The van der Waals surface area contributed by atoms with Gasteiger partial charge in [-0.05, 0) is 19.1 Å². The molecule has 1 aromatic rings. The lowest BCUT2D eigenvalue weighted by Crippen LogP contribution is -2.50. The van der Waals surface area contributed by atoms with Crippen molar-refractivity contribution in [2.24, 2.45) is 0 Å². The molecule has 0 spiro atoms. The Hall–Kier alpha value is -1.92. The van der Waals surface area contributed by atoms with E-state index < -0.39 is 12.1 Å². The van der Waals surface area contributed by atoms with Crippen LogP contribution in [-0.2, 0) is 14.3 Å². The molecule has 6 nitrogen and oxygen atoms in total. The van der Waals surface area contributed by atoms with E-state index in [0.717, 1.165) is 12.1 Å². The Bertz CT molecular complexity index is 495. The number of hydrogen-bond acceptors (Lipinski definition) is 4. The number of carbonyl (C=O) groups excluding carboxylic acids is 1. The number of hydrogen-bond donors (Lipinski definition) is 2. The molecule has 1 amide bonds. The third-order valence-corrected chi connectivity index (χ3v) is 3.36. The van der Waals surface area contributed by atoms with Gasteiger partial charge < -0.3 is 20.1 Å². The van der Waals surface area contributed by atoms with Crippen LogP contribution in [0.4, 0.5) is 5.69 Å². The molecule has 1 unspecified atom stereocenters. The molecule has 0 aromatic heterocycles. The van der Waals surface area contributed by atoms with E-state index >= 15 is 0 Å². The van der Waals surface area contributed by atoms with Gasteiger partial charge in [-0.2, -0.15) is 0 Å². The summed E-state index contributed by atoms with van der Waals surface area (Å²) in [4.78, 5) is 24.9. The lowest BCUT2D eigenvalue weighted by Gasteiger charge is -2.29. The van der Waals surface area contributed by atoms with Gasteiger partial charge in [0, 0.05) is 25.3 Å². The van der Waals surface area contributed by atoms with Crippen molar-refractivity contribution in [3.8, 4) is 0 Å². The topological polar surface area (TPSA) is 78.9 Å². The molecule has 0 saturated carbocycles. The van der Waals surface area contributed by atoms with Crippen LogP contribution in [0.5, 0.6) is 0 Å². The monoisotopic (exact) mass is 292 g/mol. The fourth-order valence-corrected chi connectivity index (χ4v) is 2.20. The van der Waals surface area contributed by atoms with Gasteiger partial charge in [0.25, 0.3) is 5.91 Å². The van der Waals surface area contributed by atoms with Crippen LogP contribution in [0.2, 0.25) is 0 Å². The summed E-state index contributed by atoms with van der Waals surface area (Å²) in [5.41, 5.74) is 1.78. The number of nitrogens with one attached hydrogen (secondary N) is 1. The largest absolute Gasteiger partial charge is 0.481 e. The van der Waals surface area contributed by atoms with Crippen LogP contribution < -0.4 is 10.2 Å². The number of rotatable bonds is 5. The average molecular weight is 292 g/mol. The second-order valence-electron chi connectivity index (χ2n) is 5.03. The first-order chi connectivity index (χ1) is 10.1. The van der Waals surface area contributed by atoms with Crippen LogP contribution >= 0.6 is 0 Å². The summed E-state index contributed by atoms with van der Waals surface area (Å²) in [6.07, 6.45) is -0.659. The molecule has 21 heavy (non-hydrogen) atoms. The smallest absolute Gasteiger partial charge is 0.305 e.